The molecule has 0 radical (unpaired) electrons. The van der Waals surface area contributed by atoms with Crippen molar-refractivity contribution in [1.29, 1.82) is 0 Å². The fourth-order valence-corrected chi connectivity index (χ4v) is 2.27. The lowest BCUT2D eigenvalue weighted by Crippen LogP contribution is -2.29. The Hall–Kier alpha value is -1.78. The average molecular weight is 284 g/mol. The maximum atomic E-state index is 9.09. The van der Waals surface area contributed by atoms with Crippen LogP contribution < -0.4 is 10.2 Å². The largest absolute Gasteiger partial charge is 0.491 e. The highest BCUT2D eigenvalue weighted by molar-refractivity contribution is 6.58. The van der Waals surface area contributed by atoms with Crippen molar-refractivity contribution >= 4 is 12.6 Å². The summed E-state index contributed by atoms with van der Waals surface area (Å²) in [4.78, 5) is 0. The lowest BCUT2D eigenvalue weighted by Gasteiger charge is -2.14. The van der Waals surface area contributed by atoms with E-state index in [9.17, 15) is 0 Å². The van der Waals surface area contributed by atoms with Crippen molar-refractivity contribution in [3.63, 3.8) is 0 Å². The third kappa shape index (κ3) is 4.35. The van der Waals surface area contributed by atoms with Crippen LogP contribution in [0.1, 0.15) is 26.7 Å². The molecule has 0 saturated carbocycles. The van der Waals surface area contributed by atoms with E-state index in [1.807, 2.05) is 36.4 Å². The Morgan fingerprint density at radius 2 is 1.48 bits per heavy atom. The zero-order chi connectivity index (χ0) is 15.2. The molecule has 0 aliphatic carbocycles. The fourth-order valence-electron chi connectivity index (χ4n) is 2.27. The number of rotatable bonds is 6. The van der Waals surface area contributed by atoms with Gasteiger partial charge >= 0.3 is 7.12 Å². The Balaban J connectivity index is 2.07. The van der Waals surface area contributed by atoms with Crippen LogP contribution in [0, 0.1) is 0 Å². The molecule has 1 atom stereocenters. The smallest absolute Gasteiger partial charge is 0.488 e. The third-order valence-corrected chi connectivity index (χ3v) is 3.43. The van der Waals surface area contributed by atoms with Crippen LogP contribution in [0.25, 0.3) is 11.1 Å². The molecule has 0 heterocycles. The molecular weight excluding hydrogens is 263 g/mol. The van der Waals surface area contributed by atoms with Gasteiger partial charge in [0, 0.05) is 0 Å². The Kier molecular flexibility index (Phi) is 5.42. The minimum Gasteiger partial charge on any atom is -0.491 e. The Labute approximate surface area is 126 Å². The van der Waals surface area contributed by atoms with E-state index in [1.54, 1.807) is 12.1 Å². The van der Waals surface area contributed by atoms with Gasteiger partial charge in [0.05, 0.1) is 6.10 Å². The van der Waals surface area contributed by atoms with Crippen LogP contribution in [0.4, 0.5) is 0 Å². The average Bonchev–Trinajstić information content (AvgIpc) is 2.48. The van der Waals surface area contributed by atoms with Crippen LogP contribution in [0.5, 0.6) is 5.75 Å². The van der Waals surface area contributed by atoms with Gasteiger partial charge in [-0.1, -0.05) is 49.7 Å². The monoisotopic (exact) mass is 284 g/mol. The van der Waals surface area contributed by atoms with E-state index in [2.05, 4.69) is 13.8 Å². The van der Waals surface area contributed by atoms with E-state index in [4.69, 9.17) is 14.8 Å². The quantitative estimate of drug-likeness (QED) is 0.802. The predicted molar refractivity (Wildman–Crippen MR) is 86.7 cm³/mol. The number of hydrogen-bond donors (Lipinski definition) is 2. The molecule has 21 heavy (non-hydrogen) atoms. The van der Waals surface area contributed by atoms with Crippen molar-refractivity contribution < 1.29 is 14.8 Å². The number of hydrogen-bond acceptors (Lipinski definition) is 3. The number of benzene rings is 2. The second-order valence-corrected chi connectivity index (χ2v) is 5.24. The first kappa shape index (κ1) is 15.6. The van der Waals surface area contributed by atoms with Gasteiger partial charge < -0.3 is 14.8 Å². The van der Waals surface area contributed by atoms with E-state index in [-0.39, 0.29) is 6.10 Å². The van der Waals surface area contributed by atoms with Gasteiger partial charge in [-0.3, -0.25) is 0 Å². The van der Waals surface area contributed by atoms with Gasteiger partial charge in [0.15, 0.2) is 0 Å². The van der Waals surface area contributed by atoms with Crippen LogP contribution >= 0.6 is 0 Å². The minimum atomic E-state index is -1.42. The van der Waals surface area contributed by atoms with Gasteiger partial charge in [-0.2, -0.15) is 0 Å². The minimum absolute atomic E-state index is 0.228. The van der Waals surface area contributed by atoms with Crippen molar-refractivity contribution in [2.45, 2.75) is 32.8 Å². The SMILES string of the molecule is CCC[C@@H](C)Oc1ccc(-c2ccc(B(O)O)cc2)cc1. The fraction of sp³-hybridized carbons (Fsp3) is 0.294. The predicted octanol–water partition coefficient (Wildman–Crippen LogP) is 2.60. The van der Waals surface area contributed by atoms with Crippen molar-refractivity contribution in [1.82, 2.24) is 0 Å². The lowest BCUT2D eigenvalue weighted by atomic mass is 9.80. The van der Waals surface area contributed by atoms with Crippen LogP contribution in [-0.2, 0) is 0 Å². The Morgan fingerprint density at radius 1 is 0.952 bits per heavy atom. The molecule has 2 aromatic carbocycles. The molecule has 0 amide bonds. The molecule has 0 aliphatic rings. The van der Waals surface area contributed by atoms with Crippen molar-refractivity contribution in [2.24, 2.45) is 0 Å². The molecule has 0 bridgehead atoms. The molecule has 0 unspecified atom stereocenters. The van der Waals surface area contributed by atoms with Crippen molar-refractivity contribution in [2.75, 3.05) is 0 Å². The van der Waals surface area contributed by atoms with Gasteiger partial charge in [-0.05, 0) is 42.1 Å². The molecule has 2 rings (SSSR count). The third-order valence-electron chi connectivity index (χ3n) is 3.43. The summed E-state index contributed by atoms with van der Waals surface area (Å²) in [6, 6.07) is 15.2. The summed E-state index contributed by atoms with van der Waals surface area (Å²) in [6.45, 7) is 4.23. The molecule has 0 fully saturated rings. The normalized spacial score (nSPS) is 12.0. The summed E-state index contributed by atoms with van der Waals surface area (Å²) in [7, 11) is -1.42. The highest BCUT2D eigenvalue weighted by Crippen LogP contribution is 2.22. The van der Waals surface area contributed by atoms with E-state index in [1.165, 1.54) is 0 Å². The molecule has 0 aromatic heterocycles. The van der Waals surface area contributed by atoms with Crippen LogP contribution in [0.2, 0.25) is 0 Å². The second-order valence-electron chi connectivity index (χ2n) is 5.24. The Bertz CT molecular complexity index is 549. The summed E-state index contributed by atoms with van der Waals surface area (Å²) < 4.78 is 5.83. The van der Waals surface area contributed by atoms with Crippen LogP contribution in [0.3, 0.4) is 0 Å². The standard InChI is InChI=1S/C17H21BO3/c1-3-4-13(2)21-17-11-7-15(8-12-17)14-5-9-16(10-6-14)18(19)20/h5-13,19-20H,3-4H2,1-2H3/t13-/m1/s1. The summed E-state index contributed by atoms with van der Waals surface area (Å²) in [5.74, 6) is 0.877. The summed E-state index contributed by atoms with van der Waals surface area (Å²) in [5.41, 5.74) is 2.60. The highest BCUT2D eigenvalue weighted by atomic mass is 16.5. The highest BCUT2D eigenvalue weighted by Gasteiger charge is 2.10. The molecule has 0 saturated heterocycles. The molecule has 3 nitrogen and oxygen atoms in total. The first-order chi connectivity index (χ1) is 10.1. The summed E-state index contributed by atoms with van der Waals surface area (Å²) in [6.07, 6.45) is 2.39. The molecular formula is C17H21BO3. The Morgan fingerprint density at radius 3 is 1.95 bits per heavy atom. The lowest BCUT2D eigenvalue weighted by molar-refractivity contribution is 0.210. The van der Waals surface area contributed by atoms with Crippen LogP contribution in [0.15, 0.2) is 48.5 Å². The van der Waals surface area contributed by atoms with E-state index >= 15 is 0 Å². The zero-order valence-corrected chi connectivity index (χ0v) is 12.5. The topological polar surface area (TPSA) is 49.7 Å². The molecule has 0 spiro atoms. The first-order valence-electron chi connectivity index (χ1n) is 7.33. The first-order valence-corrected chi connectivity index (χ1v) is 7.33. The molecule has 110 valence electrons. The molecule has 0 aliphatic heterocycles. The molecule has 4 heteroatoms. The van der Waals surface area contributed by atoms with E-state index < -0.39 is 7.12 Å². The maximum absolute atomic E-state index is 9.09. The van der Waals surface area contributed by atoms with Crippen molar-refractivity contribution in [3.05, 3.63) is 48.5 Å². The van der Waals surface area contributed by atoms with Gasteiger partial charge in [-0.15, -0.1) is 0 Å². The summed E-state index contributed by atoms with van der Waals surface area (Å²) in [5, 5.41) is 18.2. The number of ether oxygens (including phenoxy) is 1. The molecule has 2 aromatic rings. The summed E-state index contributed by atoms with van der Waals surface area (Å²) >= 11 is 0. The zero-order valence-electron chi connectivity index (χ0n) is 12.5. The maximum Gasteiger partial charge on any atom is 0.488 e. The van der Waals surface area contributed by atoms with E-state index in [0.717, 1.165) is 29.7 Å². The van der Waals surface area contributed by atoms with Gasteiger partial charge in [0.25, 0.3) is 0 Å². The van der Waals surface area contributed by atoms with Gasteiger partial charge in [0.1, 0.15) is 5.75 Å². The van der Waals surface area contributed by atoms with E-state index in [0.29, 0.717) is 5.46 Å². The van der Waals surface area contributed by atoms with Crippen molar-refractivity contribution in [3.8, 4) is 16.9 Å². The molecule has 2 N–H and O–H groups in total. The van der Waals surface area contributed by atoms with Gasteiger partial charge in [-0.25, -0.2) is 0 Å². The second kappa shape index (κ2) is 7.30. The van der Waals surface area contributed by atoms with Crippen LogP contribution in [-0.4, -0.2) is 23.3 Å². The van der Waals surface area contributed by atoms with Gasteiger partial charge in [0.2, 0.25) is 0 Å².